The Balaban J connectivity index is 1.59. The fraction of sp³-hybridized carbons (Fsp3) is 0.450. The van der Waals surface area contributed by atoms with E-state index in [-0.39, 0.29) is 29.8 Å². The van der Waals surface area contributed by atoms with E-state index >= 15 is 0 Å². The highest BCUT2D eigenvalue weighted by atomic mass is 19.4. The lowest BCUT2D eigenvalue weighted by molar-refractivity contribution is -0.141. The smallest absolute Gasteiger partial charge is 0.367 e. The summed E-state index contributed by atoms with van der Waals surface area (Å²) in [5, 5.41) is 6.13. The minimum absolute atomic E-state index is 0.00568. The van der Waals surface area contributed by atoms with E-state index in [1.165, 1.54) is 4.90 Å². The molecule has 0 unspecified atom stereocenters. The first-order chi connectivity index (χ1) is 13.7. The number of aromatic nitrogens is 2. The molecular weight excluding hydrogens is 383 g/mol. The molecule has 1 amide bonds. The third-order valence-electron chi connectivity index (χ3n) is 4.86. The highest BCUT2D eigenvalue weighted by Crippen LogP contribution is 2.31. The van der Waals surface area contributed by atoms with Crippen LogP contribution < -0.4 is 15.5 Å². The molecule has 0 bridgehead atoms. The van der Waals surface area contributed by atoms with Gasteiger partial charge in [0, 0.05) is 37.8 Å². The molecule has 1 aliphatic rings. The topological polar surface area (TPSA) is 70.2 Å². The maximum atomic E-state index is 13.1. The average Bonchev–Trinajstić information content (AvgIpc) is 2.69. The van der Waals surface area contributed by atoms with Gasteiger partial charge in [-0.2, -0.15) is 18.2 Å². The Hall–Kier alpha value is -2.84. The highest BCUT2D eigenvalue weighted by Gasteiger charge is 2.34. The minimum Gasteiger partial charge on any atom is -0.367 e. The van der Waals surface area contributed by atoms with E-state index in [2.05, 4.69) is 20.6 Å². The molecule has 0 aliphatic heterocycles. The van der Waals surface area contributed by atoms with E-state index < -0.39 is 11.9 Å². The van der Waals surface area contributed by atoms with Gasteiger partial charge in [0.2, 0.25) is 5.95 Å². The number of benzene rings is 1. The van der Waals surface area contributed by atoms with Gasteiger partial charge in [0.05, 0.1) is 0 Å². The second kappa shape index (κ2) is 8.67. The van der Waals surface area contributed by atoms with Crippen LogP contribution in [0, 0.1) is 0 Å². The monoisotopic (exact) mass is 407 g/mol. The molecule has 3 rings (SSSR count). The largest absolute Gasteiger partial charge is 0.433 e. The van der Waals surface area contributed by atoms with E-state index in [1.54, 1.807) is 26.2 Å². The van der Waals surface area contributed by atoms with Crippen LogP contribution in [0.2, 0.25) is 0 Å². The van der Waals surface area contributed by atoms with Crippen LogP contribution in [0.25, 0.3) is 0 Å². The van der Waals surface area contributed by atoms with Gasteiger partial charge in [-0.25, -0.2) is 4.98 Å². The van der Waals surface area contributed by atoms with Gasteiger partial charge in [-0.3, -0.25) is 4.79 Å². The summed E-state index contributed by atoms with van der Waals surface area (Å²) < 4.78 is 39.4. The summed E-state index contributed by atoms with van der Waals surface area (Å²) >= 11 is 0. The zero-order valence-electron chi connectivity index (χ0n) is 16.3. The van der Waals surface area contributed by atoms with Crippen LogP contribution in [0.5, 0.6) is 0 Å². The van der Waals surface area contributed by atoms with Gasteiger partial charge in [0.1, 0.15) is 5.82 Å². The van der Waals surface area contributed by atoms with Crippen LogP contribution in [-0.4, -0.2) is 42.1 Å². The van der Waals surface area contributed by atoms with Gasteiger partial charge >= 0.3 is 6.18 Å². The maximum Gasteiger partial charge on any atom is 0.433 e. The van der Waals surface area contributed by atoms with E-state index in [0.717, 1.165) is 31.7 Å². The molecule has 0 spiro atoms. The number of carbonyl (C=O) groups excluding carboxylic acids is 1. The maximum absolute atomic E-state index is 13.1. The second-order valence-electron chi connectivity index (χ2n) is 7.36. The fourth-order valence-corrected chi connectivity index (χ4v) is 3.30. The van der Waals surface area contributed by atoms with Crippen LogP contribution in [0.1, 0.15) is 41.7 Å². The Kier molecular flexibility index (Phi) is 6.24. The molecule has 1 aromatic carbocycles. The van der Waals surface area contributed by atoms with Crippen molar-refractivity contribution >= 4 is 17.7 Å². The number of carbonyl (C=O) groups is 1. The molecule has 0 radical (unpaired) electrons. The molecule has 29 heavy (non-hydrogen) atoms. The van der Waals surface area contributed by atoms with Crippen molar-refractivity contribution in [3.05, 3.63) is 47.7 Å². The third-order valence-corrected chi connectivity index (χ3v) is 4.86. The molecule has 1 heterocycles. The zero-order chi connectivity index (χ0) is 21.0. The standard InChI is InChI=1S/C20H24F3N5O/c1-28(2)19-26-16(20(21,22)23)12-17(27-19)24-14-8-10-15(11-9-14)25-18(29)13-6-4-3-5-7-13/h3-7,12,14-15H,8-11H2,1-2H3,(H,25,29)(H,24,26,27)/t14-,15+. The van der Waals surface area contributed by atoms with Crippen molar-refractivity contribution in [2.75, 3.05) is 24.3 Å². The van der Waals surface area contributed by atoms with Crippen molar-refractivity contribution in [3.63, 3.8) is 0 Å². The number of anilines is 2. The lowest BCUT2D eigenvalue weighted by Gasteiger charge is -2.30. The fourth-order valence-electron chi connectivity index (χ4n) is 3.30. The van der Waals surface area contributed by atoms with Gasteiger partial charge in [-0.05, 0) is 37.8 Å². The number of halogens is 3. The Morgan fingerprint density at radius 1 is 1.03 bits per heavy atom. The molecule has 2 N–H and O–H groups in total. The van der Waals surface area contributed by atoms with Crippen LogP contribution >= 0.6 is 0 Å². The number of rotatable bonds is 5. The minimum atomic E-state index is -4.54. The van der Waals surface area contributed by atoms with Crippen molar-refractivity contribution in [2.24, 2.45) is 0 Å². The number of hydrogen-bond donors (Lipinski definition) is 2. The van der Waals surface area contributed by atoms with Crippen molar-refractivity contribution in [2.45, 2.75) is 43.9 Å². The van der Waals surface area contributed by atoms with Crippen LogP contribution in [0.4, 0.5) is 24.9 Å². The number of hydrogen-bond acceptors (Lipinski definition) is 5. The molecule has 1 aliphatic carbocycles. The average molecular weight is 407 g/mol. The first kappa shape index (κ1) is 20.9. The molecule has 1 aromatic heterocycles. The Morgan fingerprint density at radius 2 is 1.66 bits per heavy atom. The molecular formula is C20H24F3N5O. The number of nitrogens with one attached hydrogen (secondary N) is 2. The Bertz CT molecular complexity index is 834. The second-order valence-corrected chi connectivity index (χ2v) is 7.36. The van der Waals surface area contributed by atoms with Crippen molar-refractivity contribution in [3.8, 4) is 0 Å². The summed E-state index contributed by atoms with van der Waals surface area (Å²) in [6.45, 7) is 0. The van der Waals surface area contributed by atoms with Gasteiger partial charge in [-0.1, -0.05) is 18.2 Å². The number of alkyl halides is 3. The number of nitrogens with zero attached hydrogens (tertiary/aromatic N) is 3. The highest BCUT2D eigenvalue weighted by molar-refractivity contribution is 5.94. The first-order valence-corrected chi connectivity index (χ1v) is 9.48. The molecule has 2 aromatic rings. The van der Waals surface area contributed by atoms with Crippen molar-refractivity contribution in [1.29, 1.82) is 0 Å². The first-order valence-electron chi connectivity index (χ1n) is 9.48. The molecule has 0 saturated heterocycles. The van der Waals surface area contributed by atoms with Crippen molar-refractivity contribution in [1.82, 2.24) is 15.3 Å². The summed E-state index contributed by atoms with van der Waals surface area (Å²) in [7, 11) is 3.19. The van der Waals surface area contributed by atoms with E-state index in [9.17, 15) is 18.0 Å². The summed E-state index contributed by atoms with van der Waals surface area (Å²) in [5.74, 6) is 0.0576. The summed E-state index contributed by atoms with van der Waals surface area (Å²) in [5.41, 5.74) is -0.355. The SMILES string of the molecule is CN(C)c1nc(N[C@H]2CC[C@@H](NC(=O)c3ccccc3)CC2)cc(C(F)(F)F)n1. The van der Waals surface area contributed by atoms with E-state index in [1.807, 2.05) is 18.2 Å². The predicted molar refractivity (Wildman–Crippen MR) is 105 cm³/mol. The Labute approximate surface area is 167 Å². The number of amides is 1. The quantitative estimate of drug-likeness (QED) is 0.791. The molecule has 1 fully saturated rings. The third kappa shape index (κ3) is 5.58. The molecule has 156 valence electrons. The molecule has 6 nitrogen and oxygen atoms in total. The van der Waals surface area contributed by atoms with E-state index in [4.69, 9.17) is 0 Å². The molecule has 0 atom stereocenters. The summed E-state index contributed by atoms with van der Waals surface area (Å²) in [6, 6.07) is 9.99. The van der Waals surface area contributed by atoms with Crippen LogP contribution in [-0.2, 0) is 6.18 Å². The van der Waals surface area contributed by atoms with Gasteiger partial charge < -0.3 is 15.5 Å². The van der Waals surface area contributed by atoms with Gasteiger partial charge in [0.25, 0.3) is 5.91 Å². The van der Waals surface area contributed by atoms with Crippen LogP contribution in [0.15, 0.2) is 36.4 Å². The molecule has 9 heteroatoms. The van der Waals surface area contributed by atoms with Crippen molar-refractivity contribution < 1.29 is 18.0 Å². The summed E-state index contributed by atoms with van der Waals surface area (Å²) in [4.78, 5) is 21.5. The zero-order valence-corrected chi connectivity index (χ0v) is 16.3. The van der Waals surface area contributed by atoms with E-state index in [0.29, 0.717) is 5.56 Å². The van der Waals surface area contributed by atoms with Gasteiger partial charge in [-0.15, -0.1) is 0 Å². The predicted octanol–water partition coefficient (Wildman–Crippen LogP) is 3.71. The molecule has 1 saturated carbocycles. The lowest BCUT2D eigenvalue weighted by atomic mass is 9.91. The van der Waals surface area contributed by atoms with Crippen LogP contribution in [0.3, 0.4) is 0 Å². The normalized spacial score (nSPS) is 19.5. The van der Waals surface area contributed by atoms with Gasteiger partial charge in [0.15, 0.2) is 5.69 Å². The summed E-state index contributed by atoms with van der Waals surface area (Å²) in [6.07, 6.45) is -1.60. The lowest BCUT2D eigenvalue weighted by Crippen LogP contribution is -2.40. The Morgan fingerprint density at radius 3 is 2.24 bits per heavy atom.